The molecule has 2 heteroatoms. The van der Waals surface area contributed by atoms with Crippen LogP contribution >= 0.6 is 0 Å². The van der Waals surface area contributed by atoms with Gasteiger partial charge in [0.1, 0.15) is 0 Å². The smallest absolute Gasteiger partial charge is 0.0543 e. The number of hydrogen-bond donors (Lipinski definition) is 0. The molecule has 0 unspecified atom stereocenters. The van der Waals surface area contributed by atoms with Crippen molar-refractivity contribution >= 4 is 131 Å². The van der Waals surface area contributed by atoms with E-state index >= 15 is 0 Å². The van der Waals surface area contributed by atoms with E-state index < -0.39 is 0 Å². The number of anilines is 6. The van der Waals surface area contributed by atoms with Gasteiger partial charge in [-0.2, -0.15) is 0 Å². The van der Waals surface area contributed by atoms with Crippen molar-refractivity contribution in [1.29, 1.82) is 0 Å². The van der Waals surface area contributed by atoms with Gasteiger partial charge in [-0.05, 0) is 262 Å². The highest BCUT2D eigenvalue weighted by Crippen LogP contribution is 2.58. The molecule has 0 saturated heterocycles. The van der Waals surface area contributed by atoms with Crippen molar-refractivity contribution < 1.29 is 0 Å². The highest BCUT2D eigenvalue weighted by Gasteiger charge is 2.39. The molecular formula is C94H80N2. The van der Waals surface area contributed by atoms with Crippen LogP contribution in [0.3, 0.4) is 0 Å². The van der Waals surface area contributed by atoms with Crippen molar-refractivity contribution in [2.75, 3.05) is 9.80 Å². The zero-order valence-corrected chi connectivity index (χ0v) is 57.3. The minimum Gasteiger partial charge on any atom is -0.310 e. The van der Waals surface area contributed by atoms with E-state index in [1.807, 2.05) is 0 Å². The van der Waals surface area contributed by atoms with Gasteiger partial charge in [0.15, 0.2) is 0 Å². The Morgan fingerprint density at radius 3 is 0.823 bits per heavy atom. The third-order valence-electron chi connectivity index (χ3n) is 22.8. The van der Waals surface area contributed by atoms with Gasteiger partial charge in [-0.3, -0.25) is 0 Å². The molecule has 0 aliphatic heterocycles. The number of fused-ring (bicyclic) bond motifs is 18. The number of rotatable bonds is 10. The van der Waals surface area contributed by atoms with Crippen molar-refractivity contribution in [3.8, 4) is 22.3 Å². The van der Waals surface area contributed by atoms with Gasteiger partial charge < -0.3 is 9.80 Å². The SMILES string of the molecule is CC(C)c1ccc(N(c2ccc3c(c2)-c2cc4c5ccccc5c5ccccc5c4cc2C3(C)C)c2cc(C(C)C)c3ccc4c(N(c5ccc(C(C)C)cc5)c5ccc6c(c5)-c5cc7c8ccccc8c8ccccc8c7cc5C6(C)C)cc(C(C)C)c5ccc2c3c54)cc1. The lowest BCUT2D eigenvalue weighted by molar-refractivity contribution is 0.661. The largest absolute Gasteiger partial charge is 0.310 e. The summed E-state index contributed by atoms with van der Waals surface area (Å²) in [7, 11) is 0. The molecule has 96 heavy (non-hydrogen) atoms. The first kappa shape index (κ1) is 58.3. The van der Waals surface area contributed by atoms with Crippen LogP contribution in [-0.4, -0.2) is 0 Å². The topological polar surface area (TPSA) is 6.48 Å². The molecule has 16 aromatic carbocycles. The maximum Gasteiger partial charge on any atom is 0.0543 e. The molecule has 0 bridgehead atoms. The van der Waals surface area contributed by atoms with E-state index in [0.717, 1.165) is 22.7 Å². The summed E-state index contributed by atoms with van der Waals surface area (Å²) in [6, 6.07) is 94.8. The number of benzene rings is 16. The van der Waals surface area contributed by atoms with Crippen molar-refractivity contribution in [2.24, 2.45) is 0 Å². The van der Waals surface area contributed by atoms with E-state index in [2.05, 4.69) is 336 Å². The molecule has 0 spiro atoms. The first-order valence-electron chi connectivity index (χ1n) is 35.1. The lowest BCUT2D eigenvalue weighted by atomic mass is 9.81. The van der Waals surface area contributed by atoms with Gasteiger partial charge in [0, 0.05) is 44.4 Å². The fourth-order valence-corrected chi connectivity index (χ4v) is 17.8. The predicted octanol–water partition coefficient (Wildman–Crippen LogP) is 27.5. The van der Waals surface area contributed by atoms with Crippen molar-refractivity contribution in [3.63, 3.8) is 0 Å². The molecule has 0 saturated carbocycles. The van der Waals surface area contributed by atoms with E-state index in [4.69, 9.17) is 0 Å². The molecular weight excluding hydrogens is 1160 g/mol. The van der Waals surface area contributed by atoms with Crippen LogP contribution in [0.1, 0.15) is 151 Å². The zero-order chi connectivity index (χ0) is 65.5. The molecule has 0 fully saturated rings. The molecule has 0 N–H and O–H groups in total. The van der Waals surface area contributed by atoms with Gasteiger partial charge in [-0.15, -0.1) is 0 Å². The van der Waals surface area contributed by atoms with Gasteiger partial charge in [0.25, 0.3) is 0 Å². The van der Waals surface area contributed by atoms with Crippen molar-refractivity contribution in [3.05, 3.63) is 287 Å². The summed E-state index contributed by atoms with van der Waals surface area (Å²) in [5, 5.41) is 23.4. The second kappa shape index (κ2) is 21.1. The quantitative estimate of drug-likeness (QED) is 0.126. The molecule has 16 aromatic rings. The van der Waals surface area contributed by atoms with Crippen molar-refractivity contribution in [1.82, 2.24) is 0 Å². The van der Waals surface area contributed by atoms with E-state index in [0.29, 0.717) is 11.8 Å². The third-order valence-corrected chi connectivity index (χ3v) is 22.8. The highest BCUT2D eigenvalue weighted by atomic mass is 15.2. The minimum atomic E-state index is -0.220. The van der Waals surface area contributed by atoms with Crippen LogP contribution in [0.2, 0.25) is 0 Å². The van der Waals surface area contributed by atoms with Gasteiger partial charge in [-0.25, -0.2) is 0 Å². The molecule has 2 nitrogen and oxygen atoms in total. The molecule has 0 aromatic heterocycles. The van der Waals surface area contributed by atoms with Gasteiger partial charge in [-0.1, -0.05) is 241 Å². The fourth-order valence-electron chi connectivity index (χ4n) is 17.8. The first-order chi connectivity index (χ1) is 46.4. The fraction of sp³-hybridized carbons (Fsp3) is 0.191. The number of hydrogen-bond acceptors (Lipinski definition) is 2. The Balaban J connectivity index is 0.877. The standard InChI is InChI=1S/C94H80N2/c1-53(2)57-29-33-59(34-30-57)95(61-37-43-85-81(45-61)83-47-77-67-25-17-13-21-63(67)65-23-15-19-27-69(65)79(77)49-87(83)93(85,9)10)89-51-75(55(5)6)71-40-42-74-90(52-76(56(7)8)72-39-41-73(89)91(71)92(72)74)96(60-35-31-58(32-36-60)54(3)4)62-38-44-86-82(46-62)84-48-78-68-26-18-14-22-64(68)66-24-16-20-28-70(66)80(78)50-88(84)94(86,11)12/h13-56H,1-12H3. The molecule has 0 heterocycles. The maximum absolute atomic E-state index is 2.60. The van der Waals surface area contributed by atoms with E-state index in [1.165, 1.54) is 175 Å². The summed E-state index contributed by atoms with van der Waals surface area (Å²) < 4.78 is 0. The van der Waals surface area contributed by atoms with Crippen LogP contribution in [0.15, 0.2) is 243 Å². The Labute approximate surface area is 564 Å². The average Bonchev–Trinajstić information content (AvgIpc) is 1.37. The molecule has 0 atom stereocenters. The molecule has 0 radical (unpaired) electrons. The Bertz CT molecular complexity index is 5590. The van der Waals surface area contributed by atoms with Crippen LogP contribution in [-0.2, 0) is 10.8 Å². The lowest BCUT2D eigenvalue weighted by Crippen LogP contribution is -2.16. The molecule has 18 rings (SSSR count). The summed E-state index contributed by atoms with van der Waals surface area (Å²) in [4.78, 5) is 5.20. The maximum atomic E-state index is 2.60. The Morgan fingerprint density at radius 2 is 0.510 bits per heavy atom. The zero-order valence-electron chi connectivity index (χ0n) is 57.3. The van der Waals surface area contributed by atoms with Gasteiger partial charge >= 0.3 is 0 Å². The summed E-state index contributed by atoms with van der Waals surface area (Å²) >= 11 is 0. The molecule has 2 aliphatic carbocycles. The van der Waals surface area contributed by atoms with E-state index in [1.54, 1.807) is 0 Å². The summed E-state index contributed by atoms with van der Waals surface area (Å²) in [6.07, 6.45) is 0. The van der Waals surface area contributed by atoms with Crippen LogP contribution in [0.25, 0.3) is 119 Å². The second-order valence-electron chi connectivity index (χ2n) is 30.3. The van der Waals surface area contributed by atoms with Gasteiger partial charge in [0.05, 0.1) is 11.4 Å². The first-order valence-corrected chi connectivity index (χ1v) is 35.1. The predicted molar refractivity (Wildman–Crippen MR) is 416 cm³/mol. The normalized spacial score (nSPS) is 14.0. The average molecular weight is 1240 g/mol. The molecule has 2 aliphatic rings. The summed E-state index contributed by atoms with van der Waals surface area (Å²) in [6.45, 7) is 28.5. The van der Waals surface area contributed by atoms with E-state index in [9.17, 15) is 0 Å². The molecule has 0 amide bonds. The third kappa shape index (κ3) is 8.36. The lowest BCUT2D eigenvalue weighted by Gasteiger charge is -2.32. The van der Waals surface area contributed by atoms with Gasteiger partial charge in [0.2, 0.25) is 0 Å². The highest BCUT2D eigenvalue weighted by molar-refractivity contribution is 6.31. The minimum absolute atomic E-state index is 0.220. The van der Waals surface area contributed by atoms with Crippen LogP contribution in [0, 0.1) is 0 Å². The molecule has 466 valence electrons. The summed E-state index contributed by atoms with van der Waals surface area (Å²) in [5.41, 5.74) is 22.6. The monoisotopic (exact) mass is 1240 g/mol. The van der Waals surface area contributed by atoms with Crippen LogP contribution < -0.4 is 9.80 Å². The van der Waals surface area contributed by atoms with Crippen LogP contribution in [0.4, 0.5) is 34.1 Å². The van der Waals surface area contributed by atoms with Crippen molar-refractivity contribution in [2.45, 2.75) is 118 Å². The number of nitrogens with zero attached hydrogens (tertiary/aromatic N) is 2. The Morgan fingerprint density at radius 1 is 0.229 bits per heavy atom. The van der Waals surface area contributed by atoms with Crippen LogP contribution in [0.5, 0.6) is 0 Å². The second-order valence-corrected chi connectivity index (χ2v) is 30.3. The summed E-state index contributed by atoms with van der Waals surface area (Å²) in [5.74, 6) is 1.26. The Kier molecular flexibility index (Phi) is 12.8. The Hall–Kier alpha value is -10.3. The van der Waals surface area contributed by atoms with E-state index in [-0.39, 0.29) is 22.7 Å².